The van der Waals surface area contributed by atoms with E-state index in [-0.39, 0.29) is 57.7 Å². The van der Waals surface area contributed by atoms with Crippen LogP contribution >= 0.6 is 0 Å². The van der Waals surface area contributed by atoms with Gasteiger partial charge in [0, 0.05) is 0 Å². The largest absolute Gasteiger partial charge is 2.00 e. The number of hydrogen-bond donors (Lipinski definition) is 2. The molecule has 0 unspecified atom stereocenters. The number of hydrogen-bond acceptors (Lipinski definition) is 3. The smallest absolute Gasteiger partial charge is 1.00 e. The van der Waals surface area contributed by atoms with Crippen molar-refractivity contribution in [3.05, 3.63) is 10.1 Å². The van der Waals surface area contributed by atoms with Gasteiger partial charge in [0.1, 0.15) is 0 Å². The zero-order chi connectivity index (χ0) is 3.58. The Morgan fingerprint density at radius 1 is 1.71 bits per heavy atom. The zero-order valence-electron chi connectivity index (χ0n) is 5.13. The monoisotopic (exact) mass is 154 g/mol. The summed E-state index contributed by atoms with van der Waals surface area (Å²) in [6.45, 7) is 0. The van der Waals surface area contributed by atoms with Gasteiger partial charge in [0.05, 0.1) is 0 Å². The molecule has 0 aliphatic carbocycles. The third-order valence-corrected chi connectivity index (χ3v) is 0. The first kappa shape index (κ1) is 25.4. The van der Waals surface area contributed by atoms with E-state index in [1.807, 2.05) is 0 Å². The molecule has 44 valence electrons. The zero-order valence-corrected chi connectivity index (χ0v) is 5.33. The van der Waals surface area contributed by atoms with Crippen LogP contribution in [0.15, 0.2) is 0 Å². The molecule has 0 aliphatic rings. The third kappa shape index (κ3) is 352. The van der Waals surface area contributed by atoms with E-state index in [1.165, 1.54) is 0 Å². The van der Waals surface area contributed by atoms with Crippen LogP contribution in [0.3, 0.4) is 0 Å². The summed E-state index contributed by atoms with van der Waals surface area (Å²) in [4.78, 5) is 8.36. The van der Waals surface area contributed by atoms with Crippen LogP contribution in [0.1, 0.15) is 2.85 Å². The third-order valence-electron chi connectivity index (χ3n) is 0. The fraction of sp³-hybridized carbons (Fsp3) is 0. The minimum Gasteiger partial charge on any atom is -1.00 e. The molecule has 0 heterocycles. The van der Waals surface area contributed by atoms with Crippen LogP contribution in [0.5, 0.6) is 0 Å². The average molecular weight is 154 g/mol. The molecule has 0 atom stereocenters. The summed E-state index contributed by atoms with van der Waals surface area (Å²) in [6, 6.07) is 0. The molecular formula is H10CaN2O3Si. The quantitative estimate of drug-likeness (QED) is 0.244. The van der Waals surface area contributed by atoms with Crippen LogP contribution in [-0.4, -0.2) is 59.0 Å². The van der Waals surface area contributed by atoms with Crippen molar-refractivity contribution in [2.45, 2.75) is 0 Å². The Morgan fingerprint density at radius 2 is 1.71 bits per heavy atom. The van der Waals surface area contributed by atoms with Gasteiger partial charge in [-0.1, -0.05) is 0 Å². The van der Waals surface area contributed by atoms with Gasteiger partial charge < -0.3 is 14.2 Å². The van der Waals surface area contributed by atoms with Gasteiger partial charge in [-0.3, -0.25) is 0 Å². The summed E-state index contributed by atoms with van der Waals surface area (Å²) in [5, 5.41) is 13.6. The van der Waals surface area contributed by atoms with Crippen molar-refractivity contribution < 1.29 is 13.1 Å². The Morgan fingerprint density at radius 3 is 1.71 bits per heavy atom. The molecule has 0 aromatic rings. The van der Waals surface area contributed by atoms with Crippen LogP contribution in [0, 0.1) is 10.1 Å². The number of rotatable bonds is 0. The van der Waals surface area contributed by atoms with Gasteiger partial charge in [-0.15, -0.1) is 10.1 Å². The van der Waals surface area contributed by atoms with E-state index in [0.29, 0.717) is 0 Å². The average Bonchev–Trinajstić information content (AvgIpc) is 0.811. The molecule has 0 aliphatic heterocycles. The fourth-order valence-corrected chi connectivity index (χ4v) is 0. The van der Waals surface area contributed by atoms with Crippen molar-refractivity contribution in [1.82, 2.24) is 6.15 Å². The summed E-state index contributed by atoms with van der Waals surface area (Å²) in [5.74, 6) is 0. The molecule has 7 heteroatoms. The maximum Gasteiger partial charge on any atom is 2.00 e. The van der Waals surface area contributed by atoms with E-state index >= 15 is 0 Å². The Labute approximate surface area is 77.8 Å². The van der Waals surface area contributed by atoms with Crippen molar-refractivity contribution >= 4 is 48.7 Å². The molecule has 0 aromatic carbocycles. The van der Waals surface area contributed by atoms with Gasteiger partial charge in [0.25, 0.3) is 5.09 Å². The van der Waals surface area contributed by atoms with Crippen LogP contribution in [0.2, 0.25) is 0 Å². The summed E-state index contributed by atoms with van der Waals surface area (Å²) in [6.07, 6.45) is 0. The molecule has 7 heavy (non-hydrogen) atoms. The molecule has 0 saturated heterocycles. The van der Waals surface area contributed by atoms with Crippen LogP contribution in [0.25, 0.3) is 0 Å². The molecule has 0 radical (unpaired) electrons. The van der Waals surface area contributed by atoms with Gasteiger partial charge in [-0.05, 0) is 11.0 Å². The minimum absolute atomic E-state index is 0. The Hall–Kier alpha value is 0.637. The fourth-order valence-electron chi connectivity index (χ4n) is 0. The second-order valence-corrected chi connectivity index (χ2v) is 0.238. The van der Waals surface area contributed by atoms with Gasteiger partial charge in [-0.2, -0.15) is 0 Å². The molecule has 0 rings (SSSR count). The first-order valence-corrected chi connectivity index (χ1v) is 0.565. The number of nitrogens with zero attached hydrogens (tertiary/aromatic N) is 1. The molecule has 0 fully saturated rings. The van der Waals surface area contributed by atoms with Gasteiger partial charge in [0.2, 0.25) is 0 Å². The Bertz CT molecular complexity index is 42.8. The van der Waals surface area contributed by atoms with E-state index < -0.39 is 5.09 Å². The normalized spacial score (nSPS) is 3.43. The summed E-state index contributed by atoms with van der Waals surface area (Å²) in [7, 11) is 0. The predicted molar refractivity (Wildman–Crippen MR) is 33.1 cm³/mol. The van der Waals surface area contributed by atoms with E-state index in [1.54, 1.807) is 0 Å². The van der Waals surface area contributed by atoms with Crippen LogP contribution in [0.4, 0.5) is 0 Å². The van der Waals surface area contributed by atoms with Gasteiger partial charge in [0.15, 0.2) is 0 Å². The summed E-state index contributed by atoms with van der Waals surface area (Å²) < 4.78 is 0. The first-order chi connectivity index (χ1) is 1.73. The minimum atomic E-state index is -1.50. The maximum atomic E-state index is 8.36. The van der Waals surface area contributed by atoms with Crippen molar-refractivity contribution in [3.63, 3.8) is 0 Å². The van der Waals surface area contributed by atoms with E-state index in [4.69, 9.17) is 15.3 Å². The van der Waals surface area contributed by atoms with Crippen molar-refractivity contribution in [2.75, 3.05) is 0 Å². The van der Waals surface area contributed by atoms with Crippen molar-refractivity contribution in [3.8, 4) is 0 Å². The molecule has 0 saturated carbocycles. The molecule has 0 amide bonds. The standard InChI is InChI=1S/Ca.HNO3.H3N.H4Si.2H/c;2-1(3)4;;;;/h;(H,2,3,4);1H3;1H4;;/q+2;;;;2*-1. The molecule has 0 aromatic heterocycles. The van der Waals surface area contributed by atoms with Crippen LogP contribution in [-0.2, 0) is 0 Å². The first-order valence-electron chi connectivity index (χ1n) is 0.565. The summed E-state index contributed by atoms with van der Waals surface area (Å²) in [5.41, 5.74) is 0. The van der Waals surface area contributed by atoms with Gasteiger partial charge >= 0.3 is 37.7 Å². The molecular weight excluding hydrogens is 144 g/mol. The van der Waals surface area contributed by atoms with E-state index in [0.717, 1.165) is 0 Å². The predicted octanol–water partition coefficient (Wildman–Crippen LogP) is -1.79. The Balaban J connectivity index is -0.00000000450. The topological polar surface area (TPSA) is 98.4 Å². The van der Waals surface area contributed by atoms with Crippen molar-refractivity contribution in [2.24, 2.45) is 0 Å². The molecule has 0 spiro atoms. The molecule has 5 nitrogen and oxygen atoms in total. The molecule has 0 bridgehead atoms. The van der Waals surface area contributed by atoms with Crippen LogP contribution < -0.4 is 6.15 Å². The maximum absolute atomic E-state index is 8.36. The second-order valence-electron chi connectivity index (χ2n) is 0.238. The molecule has 4 N–H and O–H groups in total. The SMILES string of the molecule is N.O=[N+]([O-])O.[Ca+2].[H-].[H-].[SiH4]. The van der Waals surface area contributed by atoms with E-state index in [9.17, 15) is 0 Å². The Kier molecular flexibility index (Phi) is 57.9. The van der Waals surface area contributed by atoms with Gasteiger partial charge in [-0.25, -0.2) is 0 Å². The summed E-state index contributed by atoms with van der Waals surface area (Å²) >= 11 is 0. The van der Waals surface area contributed by atoms with E-state index in [2.05, 4.69) is 0 Å². The van der Waals surface area contributed by atoms with Crippen molar-refractivity contribution in [1.29, 1.82) is 0 Å². The second kappa shape index (κ2) is 15.9.